The number of nitrogens with zero attached hydrogens (tertiary/aromatic N) is 2. The molecule has 0 atom stereocenters. The molecule has 0 saturated carbocycles. The molecule has 0 aliphatic heterocycles. The fourth-order valence-corrected chi connectivity index (χ4v) is 1.88. The minimum Gasteiger partial charge on any atom is -0.494 e. The molecule has 116 valence electrons. The van der Waals surface area contributed by atoms with Crippen LogP contribution in [-0.2, 0) is 6.54 Å². The van der Waals surface area contributed by atoms with Crippen LogP contribution in [0.15, 0.2) is 34.0 Å². The van der Waals surface area contributed by atoms with E-state index in [2.05, 4.69) is 0 Å². The Bertz CT molecular complexity index is 827. The van der Waals surface area contributed by atoms with Gasteiger partial charge in [-0.3, -0.25) is 24.5 Å². The normalized spacial score (nSPS) is 10.5. The first kappa shape index (κ1) is 15.4. The molecule has 0 unspecified atom stereocenters. The van der Waals surface area contributed by atoms with E-state index in [-0.39, 0.29) is 12.2 Å². The van der Waals surface area contributed by atoms with Crippen molar-refractivity contribution in [1.82, 2.24) is 9.55 Å². The molecule has 1 aromatic heterocycles. The number of aromatic amines is 1. The zero-order valence-electron chi connectivity index (χ0n) is 11.5. The van der Waals surface area contributed by atoms with Gasteiger partial charge in [-0.2, -0.15) is 4.39 Å². The van der Waals surface area contributed by atoms with E-state index < -0.39 is 22.0 Å². The first-order chi connectivity index (χ1) is 10.4. The van der Waals surface area contributed by atoms with Crippen LogP contribution in [-0.4, -0.2) is 21.1 Å². The van der Waals surface area contributed by atoms with Gasteiger partial charge in [-0.15, -0.1) is 0 Å². The first-order valence-electron chi connectivity index (χ1n) is 6.31. The number of hydrogen-bond acceptors (Lipinski definition) is 5. The maximum Gasteiger partial charge on any atom is 0.328 e. The van der Waals surface area contributed by atoms with E-state index in [1.165, 1.54) is 18.2 Å². The van der Waals surface area contributed by atoms with Crippen LogP contribution in [0.25, 0.3) is 0 Å². The summed E-state index contributed by atoms with van der Waals surface area (Å²) in [6, 6.07) is 3.91. The van der Waals surface area contributed by atoms with E-state index in [1.54, 1.807) is 6.92 Å². The van der Waals surface area contributed by atoms with Crippen molar-refractivity contribution in [3.63, 3.8) is 0 Å². The van der Waals surface area contributed by atoms with Gasteiger partial charge >= 0.3 is 5.69 Å². The molecule has 2 aromatic rings. The van der Waals surface area contributed by atoms with Gasteiger partial charge in [0, 0.05) is 17.7 Å². The number of nitro benzene ring substituents is 1. The fourth-order valence-electron chi connectivity index (χ4n) is 1.88. The summed E-state index contributed by atoms with van der Waals surface area (Å²) in [5.41, 5.74) is -1.80. The highest BCUT2D eigenvalue weighted by Crippen LogP contribution is 2.24. The Kier molecular flexibility index (Phi) is 4.35. The highest BCUT2D eigenvalue weighted by atomic mass is 19.1. The average Bonchev–Trinajstić information content (AvgIpc) is 2.46. The number of nitro groups is 1. The molecule has 0 aliphatic carbocycles. The van der Waals surface area contributed by atoms with Crippen molar-refractivity contribution in [2.24, 2.45) is 0 Å². The molecule has 9 heteroatoms. The van der Waals surface area contributed by atoms with E-state index in [1.807, 2.05) is 4.98 Å². The Hall–Kier alpha value is -2.97. The number of aromatic nitrogens is 2. The molecule has 0 bridgehead atoms. The number of benzene rings is 1. The molecule has 0 saturated heterocycles. The Labute approximate surface area is 122 Å². The molecule has 8 nitrogen and oxygen atoms in total. The van der Waals surface area contributed by atoms with Crippen molar-refractivity contribution in [1.29, 1.82) is 0 Å². The molecule has 0 spiro atoms. The Morgan fingerprint density at radius 1 is 1.41 bits per heavy atom. The van der Waals surface area contributed by atoms with Crippen LogP contribution in [0.4, 0.5) is 10.1 Å². The first-order valence-corrected chi connectivity index (χ1v) is 6.31. The van der Waals surface area contributed by atoms with Crippen molar-refractivity contribution in [3.05, 3.63) is 66.7 Å². The van der Waals surface area contributed by atoms with Crippen LogP contribution < -0.4 is 16.0 Å². The lowest BCUT2D eigenvalue weighted by Crippen LogP contribution is -2.31. The smallest absolute Gasteiger partial charge is 0.328 e. The summed E-state index contributed by atoms with van der Waals surface area (Å²) in [5, 5.41) is 10.8. The number of non-ortho nitro benzene ring substituents is 1. The van der Waals surface area contributed by atoms with Crippen LogP contribution in [0.3, 0.4) is 0 Å². The lowest BCUT2D eigenvalue weighted by molar-refractivity contribution is -0.384. The Morgan fingerprint density at radius 3 is 2.77 bits per heavy atom. The second-order valence-electron chi connectivity index (χ2n) is 4.35. The van der Waals surface area contributed by atoms with Crippen molar-refractivity contribution < 1.29 is 14.1 Å². The van der Waals surface area contributed by atoms with Gasteiger partial charge in [-0.05, 0) is 13.0 Å². The third-order valence-electron chi connectivity index (χ3n) is 2.86. The predicted octanol–water partition coefficient (Wildman–Crippen LogP) is 1.03. The summed E-state index contributed by atoms with van der Waals surface area (Å²) < 4.78 is 19.5. The van der Waals surface area contributed by atoms with Crippen LogP contribution >= 0.6 is 0 Å². The highest BCUT2D eigenvalue weighted by molar-refractivity contribution is 5.44. The molecular weight excluding hydrogens is 297 g/mol. The van der Waals surface area contributed by atoms with E-state index in [0.29, 0.717) is 17.9 Å². The van der Waals surface area contributed by atoms with Crippen LogP contribution in [0.1, 0.15) is 12.5 Å². The lowest BCUT2D eigenvalue weighted by atomic mass is 10.1. The van der Waals surface area contributed by atoms with Gasteiger partial charge in [0.05, 0.1) is 24.3 Å². The van der Waals surface area contributed by atoms with Gasteiger partial charge in [-0.1, -0.05) is 0 Å². The molecule has 0 radical (unpaired) electrons. The maximum absolute atomic E-state index is 13.3. The minimum atomic E-state index is -1.12. The number of nitrogens with one attached hydrogen (secondary N) is 1. The number of H-pyrrole nitrogens is 1. The quantitative estimate of drug-likeness (QED) is 0.655. The van der Waals surface area contributed by atoms with Crippen LogP contribution in [0.2, 0.25) is 0 Å². The van der Waals surface area contributed by atoms with Crippen LogP contribution in [0, 0.1) is 15.9 Å². The zero-order chi connectivity index (χ0) is 16.3. The minimum absolute atomic E-state index is 0.177. The van der Waals surface area contributed by atoms with Crippen molar-refractivity contribution in [2.45, 2.75) is 13.5 Å². The average molecular weight is 309 g/mol. The van der Waals surface area contributed by atoms with Crippen molar-refractivity contribution in [3.8, 4) is 5.75 Å². The fraction of sp³-hybridized carbons (Fsp3) is 0.231. The number of ether oxygens (including phenoxy) is 1. The van der Waals surface area contributed by atoms with Gasteiger partial charge in [0.2, 0.25) is 5.82 Å². The van der Waals surface area contributed by atoms with Gasteiger partial charge in [0.15, 0.2) is 0 Å². The molecule has 0 fully saturated rings. The van der Waals surface area contributed by atoms with Crippen molar-refractivity contribution in [2.75, 3.05) is 6.61 Å². The lowest BCUT2D eigenvalue weighted by Gasteiger charge is -2.11. The Balaban J connectivity index is 2.49. The summed E-state index contributed by atoms with van der Waals surface area (Å²) in [6.07, 6.45) is 0.746. The molecule has 1 aromatic carbocycles. The van der Waals surface area contributed by atoms with Crippen molar-refractivity contribution >= 4 is 5.69 Å². The predicted molar refractivity (Wildman–Crippen MR) is 74.6 cm³/mol. The van der Waals surface area contributed by atoms with E-state index in [0.717, 1.165) is 10.8 Å². The molecule has 1 heterocycles. The summed E-state index contributed by atoms with van der Waals surface area (Å²) >= 11 is 0. The largest absolute Gasteiger partial charge is 0.494 e. The summed E-state index contributed by atoms with van der Waals surface area (Å²) in [7, 11) is 0. The zero-order valence-corrected chi connectivity index (χ0v) is 11.5. The molecule has 0 aliphatic rings. The van der Waals surface area contributed by atoms with Crippen LogP contribution in [0.5, 0.6) is 5.75 Å². The molecule has 22 heavy (non-hydrogen) atoms. The number of halogens is 1. The van der Waals surface area contributed by atoms with E-state index in [9.17, 15) is 24.1 Å². The Morgan fingerprint density at radius 2 is 2.14 bits per heavy atom. The summed E-state index contributed by atoms with van der Waals surface area (Å²) in [4.78, 5) is 34.7. The monoisotopic (exact) mass is 309 g/mol. The third-order valence-corrected chi connectivity index (χ3v) is 2.86. The standard InChI is InChI=1S/C13H12FN3O5/c1-2-22-11-4-3-9(17(20)21)5-8(11)6-16-7-10(14)12(18)15-13(16)19/h3-5,7H,2,6H2,1H3,(H,15,18,19). The second kappa shape index (κ2) is 6.20. The summed E-state index contributed by atoms with van der Waals surface area (Å²) in [6.45, 7) is 1.88. The van der Waals surface area contributed by atoms with Gasteiger partial charge < -0.3 is 4.74 Å². The second-order valence-corrected chi connectivity index (χ2v) is 4.35. The molecule has 2 rings (SSSR count). The SMILES string of the molecule is CCOc1ccc([N+](=O)[O-])cc1Cn1cc(F)c(=O)[nH]c1=O. The highest BCUT2D eigenvalue weighted by Gasteiger charge is 2.13. The van der Waals surface area contributed by atoms with E-state index in [4.69, 9.17) is 4.74 Å². The maximum atomic E-state index is 13.3. The van der Waals surface area contributed by atoms with Gasteiger partial charge in [0.1, 0.15) is 5.75 Å². The molecule has 1 N–H and O–H groups in total. The summed E-state index contributed by atoms with van der Waals surface area (Å²) in [5.74, 6) is -0.783. The number of rotatable bonds is 5. The van der Waals surface area contributed by atoms with Gasteiger partial charge in [0.25, 0.3) is 11.2 Å². The third kappa shape index (κ3) is 3.19. The molecule has 0 amide bonds. The van der Waals surface area contributed by atoms with Gasteiger partial charge in [-0.25, -0.2) is 4.79 Å². The van der Waals surface area contributed by atoms with E-state index >= 15 is 0 Å². The molecular formula is C13H12FN3O5. The number of hydrogen-bond donors (Lipinski definition) is 1. The topological polar surface area (TPSA) is 107 Å².